The highest BCUT2D eigenvalue weighted by Crippen LogP contribution is 2.29. The summed E-state index contributed by atoms with van der Waals surface area (Å²) in [7, 11) is 0. The van der Waals surface area contributed by atoms with Crippen molar-refractivity contribution in [1.82, 2.24) is 14.5 Å². The molecule has 0 spiro atoms. The maximum atomic E-state index is 12.9. The largest absolute Gasteiger partial charge is 0.373 e. The number of para-hydroxylation sites is 3. The Bertz CT molecular complexity index is 1030. The molecule has 3 aromatic rings. The molecule has 1 atom stereocenters. The predicted molar refractivity (Wildman–Crippen MR) is 105 cm³/mol. The SMILES string of the molecule is O=C(C1Cc2ccccc2N1)N1CCC(n2c(=O)[nH]c3ccccc32)CC1. The van der Waals surface area contributed by atoms with E-state index in [1.807, 2.05) is 51.9 Å². The van der Waals surface area contributed by atoms with Gasteiger partial charge in [0.1, 0.15) is 6.04 Å². The van der Waals surface area contributed by atoms with Crippen molar-refractivity contribution in [3.8, 4) is 0 Å². The molecule has 0 aliphatic carbocycles. The molecule has 5 rings (SSSR count). The summed E-state index contributed by atoms with van der Waals surface area (Å²) in [5.41, 5.74) is 4.02. The van der Waals surface area contributed by atoms with Gasteiger partial charge >= 0.3 is 5.69 Å². The molecule has 2 N–H and O–H groups in total. The Hall–Kier alpha value is -3.02. The molecule has 1 amide bonds. The molecule has 1 unspecified atom stereocenters. The minimum Gasteiger partial charge on any atom is -0.373 e. The number of imidazole rings is 1. The van der Waals surface area contributed by atoms with Gasteiger partial charge in [-0.2, -0.15) is 0 Å². The number of nitrogens with zero attached hydrogens (tertiary/aromatic N) is 2. The zero-order valence-corrected chi connectivity index (χ0v) is 15.0. The summed E-state index contributed by atoms with van der Waals surface area (Å²) >= 11 is 0. The summed E-state index contributed by atoms with van der Waals surface area (Å²) in [5.74, 6) is 0.163. The number of hydrogen-bond acceptors (Lipinski definition) is 3. The van der Waals surface area contributed by atoms with Crippen LogP contribution in [0.3, 0.4) is 0 Å². The molecule has 27 heavy (non-hydrogen) atoms. The second-order valence-electron chi connectivity index (χ2n) is 7.43. The Morgan fingerprint density at radius 3 is 2.56 bits per heavy atom. The van der Waals surface area contributed by atoms with E-state index in [2.05, 4.69) is 16.4 Å². The normalized spacial score (nSPS) is 19.9. The molecular formula is C21H22N4O2. The van der Waals surface area contributed by atoms with Crippen LogP contribution >= 0.6 is 0 Å². The fourth-order valence-corrected chi connectivity index (χ4v) is 4.45. The molecule has 138 valence electrons. The smallest absolute Gasteiger partial charge is 0.326 e. The van der Waals surface area contributed by atoms with Gasteiger partial charge in [-0.05, 0) is 36.6 Å². The van der Waals surface area contributed by atoms with Crippen LogP contribution in [-0.2, 0) is 11.2 Å². The first-order chi connectivity index (χ1) is 13.2. The van der Waals surface area contributed by atoms with Crippen LogP contribution in [0.2, 0.25) is 0 Å². The van der Waals surface area contributed by atoms with Gasteiger partial charge in [0.2, 0.25) is 5.91 Å². The third kappa shape index (κ3) is 2.72. The lowest BCUT2D eigenvalue weighted by Crippen LogP contribution is -2.46. The minimum atomic E-state index is -0.172. The molecule has 0 saturated carbocycles. The van der Waals surface area contributed by atoms with E-state index >= 15 is 0 Å². The Morgan fingerprint density at radius 2 is 1.74 bits per heavy atom. The number of benzene rings is 2. The van der Waals surface area contributed by atoms with Crippen LogP contribution in [0.15, 0.2) is 53.3 Å². The van der Waals surface area contributed by atoms with Crippen molar-refractivity contribution in [2.45, 2.75) is 31.3 Å². The van der Waals surface area contributed by atoms with Crippen LogP contribution in [0.4, 0.5) is 5.69 Å². The minimum absolute atomic E-state index is 0.0612. The lowest BCUT2D eigenvalue weighted by Gasteiger charge is -2.34. The molecule has 1 fully saturated rings. The molecule has 6 nitrogen and oxygen atoms in total. The second kappa shape index (κ2) is 6.30. The van der Waals surface area contributed by atoms with E-state index in [1.165, 1.54) is 5.56 Å². The maximum Gasteiger partial charge on any atom is 0.326 e. The van der Waals surface area contributed by atoms with Crippen molar-refractivity contribution in [2.75, 3.05) is 18.4 Å². The van der Waals surface area contributed by atoms with Crippen LogP contribution < -0.4 is 11.0 Å². The number of H-pyrrole nitrogens is 1. The summed E-state index contributed by atoms with van der Waals surface area (Å²) in [6.45, 7) is 1.37. The van der Waals surface area contributed by atoms with Gasteiger partial charge in [-0.3, -0.25) is 9.36 Å². The zero-order valence-electron chi connectivity index (χ0n) is 15.0. The Morgan fingerprint density at radius 1 is 1.00 bits per heavy atom. The third-order valence-electron chi connectivity index (χ3n) is 5.83. The highest BCUT2D eigenvalue weighted by molar-refractivity contribution is 5.87. The fraction of sp³-hybridized carbons (Fsp3) is 0.333. The number of rotatable bonds is 2. The number of piperidine rings is 1. The Kier molecular flexibility index (Phi) is 3.77. The van der Waals surface area contributed by atoms with E-state index in [9.17, 15) is 9.59 Å². The molecule has 1 aromatic heterocycles. The van der Waals surface area contributed by atoms with Gasteiger partial charge in [0.25, 0.3) is 0 Å². The van der Waals surface area contributed by atoms with E-state index < -0.39 is 0 Å². The molecule has 3 heterocycles. The zero-order chi connectivity index (χ0) is 18.4. The highest BCUT2D eigenvalue weighted by atomic mass is 16.2. The number of hydrogen-bond donors (Lipinski definition) is 2. The van der Waals surface area contributed by atoms with E-state index in [1.54, 1.807) is 0 Å². The molecule has 2 aliphatic heterocycles. The van der Waals surface area contributed by atoms with E-state index in [0.717, 1.165) is 36.0 Å². The summed E-state index contributed by atoms with van der Waals surface area (Å²) in [4.78, 5) is 30.2. The second-order valence-corrected chi connectivity index (χ2v) is 7.43. The summed E-state index contributed by atoms with van der Waals surface area (Å²) in [6, 6.07) is 15.8. The first-order valence-electron chi connectivity index (χ1n) is 9.53. The molecule has 2 aromatic carbocycles. The number of carbonyl (C=O) groups excluding carboxylic acids is 1. The average Bonchev–Trinajstić information content (AvgIpc) is 3.27. The van der Waals surface area contributed by atoms with Crippen molar-refractivity contribution in [2.24, 2.45) is 0 Å². The topological polar surface area (TPSA) is 70.1 Å². The molecule has 0 bridgehead atoms. The number of amides is 1. The molecule has 6 heteroatoms. The van der Waals surface area contributed by atoms with Crippen molar-refractivity contribution in [3.05, 3.63) is 64.6 Å². The van der Waals surface area contributed by atoms with Crippen LogP contribution in [0.25, 0.3) is 11.0 Å². The van der Waals surface area contributed by atoms with Gasteiger partial charge in [0.05, 0.1) is 11.0 Å². The number of anilines is 1. The van der Waals surface area contributed by atoms with Crippen LogP contribution in [-0.4, -0.2) is 39.5 Å². The van der Waals surface area contributed by atoms with Crippen LogP contribution in [0, 0.1) is 0 Å². The summed E-state index contributed by atoms with van der Waals surface area (Å²) in [5, 5.41) is 3.35. The van der Waals surface area contributed by atoms with Gasteiger partial charge < -0.3 is 15.2 Å². The summed E-state index contributed by atoms with van der Waals surface area (Å²) in [6.07, 6.45) is 2.34. The standard InChI is InChI=1S/C21H22N4O2/c26-20(18-13-14-5-1-2-6-16(14)22-18)24-11-9-15(10-12-24)25-19-8-4-3-7-17(19)23-21(25)27/h1-8,15,18,22H,9-13H2,(H,23,27). The predicted octanol–water partition coefficient (Wildman–Crippen LogP) is 2.53. The third-order valence-corrected chi connectivity index (χ3v) is 5.83. The number of nitrogens with one attached hydrogen (secondary N) is 2. The van der Waals surface area contributed by atoms with Gasteiger partial charge in [-0.15, -0.1) is 0 Å². The first kappa shape index (κ1) is 16.2. The average molecular weight is 362 g/mol. The summed E-state index contributed by atoms with van der Waals surface area (Å²) < 4.78 is 1.86. The van der Waals surface area contributed by atoms with Gasteiger partial charge in [-0.25, -0.2) is 4.79 Å². The first-order valence-corrected chi connectivity index (χ1v) is 9.53. The van der Waals surface area contributed by atoms with Crippen molar-refractivity contribution >= 4 is 22.6 Å². The van der Waals surface area contributed by atoms with Gasteiger partial charge in [0.15, 0.2) is 0 Å². The maximum absolute atomic E-state index is 12.9. The number of fused-ring (bicyclic) bond motifs is 2. The molecular weight excluding hydrogens is 340 g/mol. The van der Waals surface area contributed by atoms with E-state index in [-0.39, 0.29) is 23.7 Å². The van der Waals surface area contributed by atoms with Crippen molar-refractivity contribution in [3.63, 3.8) is 0 Å². The number of likely N-dealkylation sites (tertiary alicyclic amines) is 1. The van der Waals surface area contributed by atoms with Crippen molar-refractivity contribution < 1.29 is 4.79 Å². The number of aromatic nitrogens is 2. The Balaban J connectivity index is 1.29. The number of aromatic amines is 1. The van der Waals surface area contributed by atoms with Gasteiger partial charge in [0, 0.05) is 31.2 Å². The number of carbonyl (C=O) groups is 1. The van der Waals surface area contributed by atoms with Crippen LogP contribution in [0.5, 0.6) is 0 Å². The van der Waals surface area contributed by atoms with E-state index in [0.29, 0.717) is 13.1 Å². The van der Waals surface area contributed by atoms with E-state index in [4.69, 9.17) is 0 Å². The molecule has 1 saturated heterocycles. The van der Waals surface area contributed by atoms with Crippen molar-refractivity contribution in [1.29, 1.82) is 0 Å². The lowest BCUT2D eigenvalue weighted by atomic mass is 10.0. The van der Waals surface area contributed by atoms with Crippen LogP contribution in [0.1, 0.15) is 24.4 Å². The lowest BCUT2D eigenvalue weighted by molar-refractivity contribution is -0.133. The highest BCUT2D eigenvalue weighted by Gasteiger charge is 2.33. The monoisotopic (exact) mass is 362 g/mol. The van der Waals surface area contributed by atoms with Gasteiger partial charge in [-0.1, -0.05) is 30.3 Å². The quantitative estimate of drug-likeness (QED) is 0.736. The fourth-order valence-electron chi connectivity index (χ4n) is 4.45. The molecule has 0 radical (unpaired) electrons. The molecule has 2 aliphatic rings. The Labute approximate surface area is 156 Å².